The van der Waals surface area contributed by atoms with Crippen LogP contribution in [0.4, 0.5) is 5.95 Å². The lowest BCUT2D eigenvalue weighted by atomic mass is 10.1. The minimum atomic E-state index is -0.511. The first-order valence-corrected chi connectivity index (χ1v) is 10.5. The maximum atomic E-state index is 13.5. The predicted octanol–water partition coefficient (Wildman–Crippen LogP) is 3.57. The van der Waals surface area contributed by atoms with Crippen LogP contribution in [0, 0.1) is 0 Å². The third kappa shape index (κ3) is 3.77. The van der Waals surface area contributed by atoms with Gasteiger partial charge in [-0.3, -0.25) is 9.36 Å². The van der Waals surface area contributed by atoms with E-state index in [2.05, 4.69) is 5.32 Å². The molecule has 4 rings (SSSR count). The summed E-state index contributed by atoms with van der Waals surface area (Å²) >= 11 is 1.66. The van der Waals surface area contributed by atoms with Gasteiger partial charge in [0.2, 0.25) is 5.95 Å². The monoisotopic (exact) mass is 383 g/mol. The van der Waals surface area contributed by atoms with E-state index in [1.807, 2.05) is 30.3 Å². The Bertz CT molecular complexity index is 992. The smallest absolute Gasteiger partial charge is 0.264 e. The van der Waals surface area contributed by atoms with Gasteiger partial charge in [-0.05, 0) is 43.7 Å². The Hall–Kier alpha value is -2.18. The van der Waals surface area contributed by atoms with Gasteiger partial charge in [-0.2, -0.15) is 0 Å². The molecular formula is C21H25N3O2S. The Morgan fingerprint density at radius 3 is 2.78 bits per heavy atom. The van der Waals surface area contributed by atoms with Gasteiger partial charge in [-0.25, -0.2) is 4.98 Å². The first-order chi connectivity index (χ1) is 13.1. The molecule has 142 valence electrons. The van der Waals surface area contributed by atoms with Crippen LogP contribution in [0.1, 0.15) is 42.2 Å². The lowest BCUT2D eigenvalue weighted by Gasteiger charge is -2.15. The van der Waals surface area contributed by atoms with Crippen LogP contribution in [-0.4, -0.2) is 27.3 Å². The average Bonchev–Trinajstić information content (AvgIpc) is 2.84. The lowest BCUT2D eigenvalue weighted by molar-refractivity contribution is 0.208. The number of aromatic nitrogens is 2. The number of nitrogens with one attached hydrogen (secondary N) is 1. The van der Waals surface area contributed by atoms with E-state index in [4.69, 9.17) is 4.98 Å². The molecule has 2 N–H and O–H groups in total. The highest BCUT2D eigenvalue weighted by molar-refractivity contribution is 7.18. The summed E-state index contributed by atoms with van der Waals surface area (Å²) in [6.07, 6.45) is 5.05. The van der Waals surface area contributed by atoms with Gasteiger partial charge in [-0.15, -0.1) is 11.3 Å². The molecule has 3 aromatic rings. The highest BCUT2D eigenvalue weighted by atomic mass is 32.1. The zero-order valence-corrected chi connectivity index (χ0v) is 16.4. The van der Waals surface area contributed by atoms with Crippen LogP contribution in [0.15, 0.2) is 35.1 Å². The van der Waals surface area contributed by atoms with Crippen molar-refractivity contribution >= 4 is 27.5 Å². The Labute approximate surface area is 162 Å². The molecule has 0 bridgehead atoms. The molecule has 0 saturated heterocycles. The normalized spacial score (nSPS) is 15.3. The van der Waals surface area contributed by atoms with E-state index < -0.39 is 6.10 Å². The molecule has 2 aromatic heterocycles. The zero-order valence-electron chi connectivity index (χ0n) is 15.6. The van der Waals surface area contributed by atoms with Gasteiger partial charge < -0.3 is 10.4 Å². The van der Waals surface area contributed by atoms with Gasteiger partial charge in [0.15, 0.2) is 0 Å². The van der Waals surface area contributed by atoms with Crippen LogP contribution in [0.2, 0.25) is 0 Å². The molecule has 0 spiro atoms. The Morgan fingerprint density at radius 1 is 1.22 bits per heavy atom. The molecule has 27 heavy (non-hydrogen) atoms. The Balaban J connectivity index is 1.85. The number of hydrogen-bond donors (Lipinski definition) is 2. The third-order valence-electron chi connectivity index (χ3n) is 5.06. The average molecular weight is 384 g/mol. The summed E-state index contributed by atoms with van der Waals surface area (Å²) in [4.78, 5) is 20.4. The number of anilines is 1. The van der Waals surface area contributed by atoms with Crippen LogP contribution in [-0.2, 0) is 19.4 Å². The number of aliphatic hydroxyl groups is 1. The molecule has 5 nitrogen and oxygen atoms in total. The Morgan fingerprint density at radius 2 is 2.00 bits per heavy atom. The largest absolute Gasteiger partial charge is 0.392 e. The molecular weight excluding hydrogens is 358 g/mol. The van der Waals surface area contributed by atoms with E-state index >= 15 is 0 Å². The summed E-state index contributed by atoms with van der Waals surface area (Å²) in [6, 6.07) is 9.96. The first-order valence-electron chi connectivity index (χ1n) is 9.64. The van der Waals surface area contributed by atoms with Crippen molar-refractivity contribution in [2.24, 2.45) is 0 Å². The predicted molar refractivity (Wildman–Crippen MR) is 111 cm³/mol. The van der Waals surface area contributed by atoms with Crippen molar-refractivity contribution in [2.75, 3.05) is 11.9 Å². The number of hydrogen-bond acceptors (Lipinski definition) is 5. The van der Waals surface area contributed by atoms with Crippen LogP contribution in [0.5, 0.6) is 0 Å². The molecule has 1 aromatic carbocycles. The zero-order chi connectivity index (χ0) is 18.8. The topological polar surface area (TPSA) is 67.2 Å². The minimum Gasteiger partial charge on any atom is -0.392 e. The molecule has 0 fully saturated rings. The molecule has 0 unspecified atom stereocenters. The summed E-state index contributed by atoms with van der Waals surface area (Å²) in [5, 5.41) is 13.6. The number of benzene rings is 1. The van der Waals surface area contributed by atoms with Gasteiger partial charge >= 0.3 is 0 Å². The number of thiophene rings is 1. The second-order valence-corrected chi connectivity index (χ2v) is 8.37. The number of aliphatic hydroxyl groups excluding tert-OH is 1. The first kappa shape index (κ1) is 18.2. The van der Waals surface area contributed by atoms with Gasteiger partial charge in [0, 0.05) is 11.4 Å². The summed E-state index contributed by atoms with van der Waals surface area (Å²) in [6.45, 7) is 2.55. The fraction of sp³-hybridized carbons (Fsp3) is 0.429. The molecule has 0 saturated carbocycles. The summed E-state index contributed by atoms with van der Waals surface area (Å²) in [5.74, 6) is 0.536. The van der Waals surface area contributed by atoms with E-state index in [-0.39, 0.29) is 5.56 Å². The highest BCUT2D eigenvalue weighted by Gasteiger charge is 2.21. The van der Waals surface area contributed by atoms with Crippen LogP contribution in [0.3, 0.4) is 0 Å². The van der Waals surface area contributed by atoms with Crippen molar-refractivity contribution < 1.29 is 5.11 Å². The summed E-state index contributed by atoms with van der Waals surface area (Å²) in [5.41, 5.74) is 2.30. The van der Waals surface area contributed by atoms with Gasteiger partial charge in [0.25, 0.3) is 5.56 Å². The van der Waals surface area contributed by atoms with Gasteiger partial charge in [-0.1, -0.05) is 36.8 Å². The molecule has 0 radical (unpaired) electrons. The van der Waals surface area contributed by atoms with Gasteiger partial charge in [0.1, 0.15) is 4.83 Å². The lowest BCUT2D eigenvalue weighted by Crippen LogP contribution is -2.28. The number of fused-ring (bicyclic) bond motifs is 3. The van der Waals surface area contributed by atoms with Crippen molar-refractivity contribution in [1.29, 1.82) is 0 Å². The van der Waals surface area contributed by atoms with Crippen LogP contribution in [0.25, 0.3) is 10.2 Å². The van der Waals surface area contributed by atoms with Gasteiger partial charge in [0.05, 0.1) is 18.0 Å². The van der Waals surface area contributed by atoms with Crippen molar-refractivity contribution in [2.45, 2.75) is 51.7 Å². The second kappa shape index (κ2) is 7.82. The number of nitrogens with zero attached hydrogens (tertiary/aromatic N) is 2. The molecule has 1 aliphatic rings. The summed E-state index contributed by atoms with van der Waals surface area (Å²) in [7, 11) is 0. The fourth-order valence-corrected chi connectivity index (χ4v) is 4.95. The molecule has 6 heteroatoms. The van der Waals surface area contributed by atoms with E-state index in [1.165, 1.54) is 23.3 Å². The van der Waals surface area contributed by atoms with E-state index in [0.29, 0.717) is 19.0 Å². The molecule has 0 amide bonds. The quantitative estimate of drug-likeness (QED) is 0.661. The highest BCUT2D eigenvalue weighted by Crippen LogP contribution is 2.33. The summed E-state index contributed by atoms with van der Waals surface area (Å²) < 4.78 is 1.72. The van der Waals surface area contributed by atoms with Crippen LogP contribution >= 0.6 is 11.3 Å². The molecule has 1 aliphatic carbocycles. The molecule has 2 heterocycles. The molecule has 1 atom stereocenters. The van der Waals surface area contributed by atoms with Crippen molar-refractivity contribution in [3.8, 4) is 0 Å². The van der Waals surface area contributed by atoms with E-state index in [0.717, 1.165) is 35.0 Å². The van der Waals surface area contributed by atoms with Crippen molar-refractivity contribution in [3.05, 3.63) is 56.7 Å². The Kier molecular flexibility index (Phi) is 5.27. The van der Waals surface area contributed by atoms with E-state index in [9.17, 15) is 9.90 Å². The fourth-order valence-electron chi connectivity index (χ4n) is 3.70. The van der Waals surface area contributed by atoms with Crippen molar-refractivity contribution in [1.82, 2.24) is 9.55 Å². The third-order valence-corrected chi connectivity index (χ3v) is 6.25. The minimum absolute atomic E-state index is 0.0244. The molecule has 0 aliphatic heterocycles. The number of rotatable bonds is 5. The van der Waals surface area contributed by atoms with Crippen molar-refractivity contribution in [3.63, 3.8) is 0 Å². The number of aryl methyl sites for hydroxylation is 2. The SMILES string of the molecule is C[C@@H](O)CNc1nc2sc3c(c2c(=O)n1Cc1ccccc1)CCCCC3. The van der Waals surface area contributed by atoms with Crippen LogP contribution < -0.4 is 10.9 Å². The maximum Gasteiger partial charge on any atom is 0.264 e. The maximum absolute atomic E-state index is 13.5. The van der Waals surface area contributed by atoms with E-state index in [1.54, 1.807) is 22.8 Å². The standard InChI is InChI=1S/C21H25N3O2S/c1-14(25)12-22-21-23-19-18(16-10-6-3-7-11-17(16)27-19)20(26)24(21)13-15-8-4-2-5-9-15/h2,4-5,8-9,14,25H,3,6-7,10-13H2,1H3,(H,22,23)/t14-/m1/s1. The second-order valence-electron chi connectivity index (χ2n) is 7.29.